The number of hydrogen-bond acceptors (Lipinski definition) is 3. The molecule has 1 N–H and O–H groups in total. The normalized spacial score (nSPS) is 21.3. The largest absolute Gasteiger partial charge is 0.481 e. The molecule has 0 aromatic carbocycles. The summed E-state index contributed by atoms with van der Waals surface area (Å²) >= 11 is 0. The summed E-state index contributed by atoms with van der Waals surface area (Å²) in [5, 5.41) is 8.78. The van der Waals surface area contributed by atoms with Crippen LogP contribution in [0.15, 0.2) is 0 Å². The molecule has 0 radical (unpaired) electrons. The molecule has 1 rings (SSSR count). The highest BCUT2D eigenvalue weighted by molar-refractivity contribution is 5.68. The molecule has 1 saturated heterocycles. The van der Waals surface area contributed by atoms with Gasteiger partial charge in [-0.2, -0.15) is 0 Å². The van der Waals surface area contributed by atoms with E-state index in [0.717, 1.165) is 19.3 Å². The minimum atomic E-state index is -0.759. The van der Waals surface area contributed by atoms with Gasteiger partial charge in [-0.25, -0.2) is 4.79 Å². The molecule has 1 fully saturated rings. The lowest BCUT2D eigenvalue weighted by Crippen LogP contribution is -2.37. The molecule has 0 aromatic rings. The van der Waals surface area contributed by atoms with Crippen molar-refractivity contribution >= 4 is 12.1 Å². The average molecular weight is 257 g/mol. The number of aliphatic carboxylic acids is 1. The van der Waals surface area contributed by atoms with Gasteiger partial charge in [-0.15, -0.1) is 0 Å². The molecule has 1 aliphatic heterocycles. The van der Waals surface area contributed by atoms with Crippen LogP contribution in [-0.2, 0) is 9.53 Å². The lowest BCUT2D eigenvalue weighted by molar-refractivity contribution is -0.138. The number of amides is 1. The highest BCUT2D eigenvalue weighted by Gasteiger charge is 2.25. The molecule has 5 heteroatoms. The number of nitrogens with zero attached hydrogens (tertiary/aromatic N) is 1. The van der Waals surface area contributed by atoms with Gasteiger partial charge in [-0.1, -0.05) is 0 Å². The summed E-state index contributed by atoms with van der Waals surface area (Å²) in [5.41, 5.74) is -0.482. The maximum atomic E-state index is 11.9. The fourth-order valence-corrected chi connectivity index (χ4v) is 2.13. The van der Waals surface area contributed by atoms with Gasteiger partial charge >= 0.3 is 12.1 Å². The summed E-state index contributed by atoms with van der Waals surface area (Å²) in [6, 6.07) is 0. The highest BCUT2D eigenvalue weighted by Crippen LogP contribution is 2.22. The Morgan fingerprint density at radius 1 is 1.28 bits per heavy atom. The summed E-state index contributed by atoms with van der Waals surface area (Å²) in [6.45, 7) is 6.78. The molecule has 5 nitrogen and oxygen atoms in total. The van der Waals surface area contributed by atoms with E-state index in [1.165, 1.54) is 0 Å². The molecule has 104 valence electrons. The van der Waals surface area contributed by atoms with Crippen LogP contribution in [0.1, 0.15) is 46.5 Å². The molecule has 1 amide bonds. The molecule has 0 aromatic heterocycles. The van der Waals surface area contributed by atoms with Crippen LogP contribution in [0, 0.1) is 5.92 Å². The van der Waals surface area contributed by atoms with Crippen LogP contribution in [0.4, 0.5) is 4.79 Å². The number of carboxylic acids is 1. The van der Waals surface area contributed by atoms with Crippen LogP contribution in [-0.4, -0.2) is 40.8 Å². The van der Waals surface area contributed by atoms with Crippen molar-refractivity contribution < 1.29 is 19.4 Å². The monoisotopic (exact) mass is 257 g/mol. The van der Waals surface area contributed by atoms with Gasteiger partial charge in [0.25, 0.3) is 0 Å². The van der Waals surface area contributed by atoms with Crippen molar-refractivity contribution in [3.63, 3.8) is 0 Å². The van der Waals surface area contributed by atoms with E-state index < -0.39 is 11.6 Å². The van der Waals surface area contributed by atoms with Crippen LogP contribution in [0.3, 0.4) is 0 Å². The topological polar surface area (TPSA) is 66.8 Å². The zero-order chi connectivity index (χ0) is 13.8. The van der Waals surface area contributed by atoms with Gasteiger partial charge in [-0.3, -0.25) is 4.79 Å². The van der Waals surface area contributed by atoms with Gasteiger partial charge in [-0.05, 0) is 46.0 Å². The predicted octanol–water partition coefficient (Wildman–Crippen LogP) is 2.50. The molecule has 0 bridgehead atoms. The van der Waals surface area contributed by atoms with Gasteiger partial charge in [0.2, 0.25) is 0 Å². The van der Waals surface area contributed by atoms with E-state index in [1.54, 1.807) is 4.90 Å². The fraction of sp³-hybridized carbons (Fsp3) is 0.846. The zero-order valence-corrected chi connectivity index (χ0v) is 11.4. The maximum absolute atomic E-state index is 11.9. The SMILES string of the molecule is CC(C)(C)OC(=O)N1CCC[C@@H](CC(=O)O)CC1. The zero-order valence-electron chi connectivity index (χ0n) is 11.4. The van der Waals surface area contributed by atoms with Crippen LogP contribution in [0.5, 0.6) is 0 Å². The molecule has 18 heavy (non-hydrogen) atoms. The molecule has 0 spiro atoms. The van der Waals surface area contributed by atoms with Crippen LogP contribution in [0.2, 0.25) is 0 Å². The van der Waals surface area contributed by atoms with Gasteiger partial charge in [0, 0.05) is 19.5 Å². The molecule has 1 atom stereocenters. The standard InChI is InChI=1S/C13H23NO4/c1-13(2,3)18-12(17)14-7-4-5-10(6-8-14)9-11(15)16/h10H,4-9H2,1-3H3,(H,15,16)/t10-/m1/s1. The number of hydrogen-bond donors (Lipinski definition) is 1. The van der Waals surface area contributed by atoms with Crippen molar-refractivity contribution in [2.75, 3.05) is 13.1 Å². The van der Waals surface area contributed by atoms with Gasteiger partial charge < -0.3 is 14.7 Å². The Labute approximate surface area is 108 Å². The van der Waals surface area contributed by atoms with E-state index in [4.69, 9.17) is 9.84 Å². The first-order valence-corrected chi connectivity index (χ1v) is 6.47. The third-order valence-corrected chi connectivity index (χ3v) is 2.96. The second kappa shape index (κ2) is 6.07. The smallest absolute Gasteiger partial charge is 0.410 e. The Morgan fingerprint density at radius 3 is 2.50 bits per heavy atom. The maximum Gasteiger partial charge on any atom is 0.410 e. The summed E-state index contributed by atoms with van der Waals surface area (Å²) in [4.78, 5) is 24.2. The van der Waals surface area contributed by atoms with Crippen molar-refractivity contribution in [3.05, 3.63) is 0 Å². The quantitative estimate of drug-likeness (QED) is 0.825. The number of carbonyl (C=O) groups is 2. The van der Waals surface area contributed by atoms with E-state index >= 15 is 0 Å². The number of ether oxygens (including phenoxy) is 1. The Bertz CT molecular complexity index is 309. The first kappa shape index (κ1) is 14.8. The second-order valence-electron chi connectivity index (χ2n) is 5.86. The van der Waals surface area contributed by atoms with Crippen LogP contribution >= 0.6 is 0 Å². The Balaban J connectivity index is 2.46. The minimum absolute atomic E-state index is 0.176. The molecule has 0 unspecified atom stereocenters. The van der Waals surface area contributed by atoms with Crippen LogP contribution < -0.4 is 0 Å². The first-order valence-electron chi connectivity index (χ1n) is 6.47. The van der Waals surface area contributed by atoms with Crippen LogP contribution in [0.25, 0.3) is 0 Å². The van der Waals surface area contributed by atoms with Gasteiger partial charge in [0.15, 0.2) is 0 Å². The Hall–Kier alpha value is -1.26. The number of carboxylic acid groups (broad SMARTS) is 1. The second-order valence-corrected chi connectivity index (χ2v) is 5.86. The molecule has 1 heterocycles. The van der Waals surface area contributed by atoms with Gasteiger partial charge in [0.1, 0.15) is 5.60 Å². The van der Waals surface area contributed by atoms with E-state index in [2.05, 4.69) is 0 Å². The molecular formula is C13H23NO4. The highest BCUT2D eigenvalue weighted by atomic mass is 16.6. The Kier molecular flexibility index (Phi) is 4.99. The molecule has 0 saturated carbocycles. The minimum Gasteiger partial charge on any atom is -0.481 e. The third kappa shape index (κ3) is 5.38. The fourth-order valence-electron chi connectivity index (χ4n) is 2.13. The van der Waals surface area contributed by atoms with E-state index in [1.807, 2.05) is 20.8 Å². The number of carbonyl (C=O) groups excluding carboxylic acids is 1. The summed E-state index contributed by atoms with van der Waals surface area (Å²) in [5.74, 6) is -0.583. The van der Waals surface area contributed by atoms with Crippen molar-refractivity contribution in [3.8, 4) is 0 Å². The Morgan fingerprint density at radius 2 is 1.94 bits per heavy atom. The number of likely N-dealkylation sites (tertiary alicyclic amines) is 1. The average Bonchev–Trinajstić information content (AvgIpc) is 2.39. The lowest BCUT2D eigenvalue weighted by Gasteiger charge is -2.26. The third-order valence-electron chi connectivity index (χ3n) is 2.96. The summed E-state index contributed by atoms with van der Waals surface area (Å²) in [7, 11) is 0. The molecule has 1 aliphatic rings. The molecule has 0 aliphatic carbocycles. The predicted molar refractivity (Wildman–Crippen MR) is 67.4 cm³/mol. The van der Waals surface area contributed by atoms with Crippen molar-refractivity contribution in [2.45, 2.75) is 52.1 Å². The summed E-state index contributed by atoms with van der Waals surface area (Å²) in [6.07, 6.45) is 2.36. The molecular weight excluding hydrogens is 234 g/mol. The first-order chi connectivity index (χ1) is 8.28. The van der Waals surface area contributed by atoms with E-state index in [-0.39, 0.29) is 18.4 Å². The van der Waals surface area contributed by atoms with Gasteiger partial charge in [0.05, 0.1) is 0 Å². The summed E-state index contributed by atoms with van der Waals surface area (Å²) < 4.78 is 5.32. The van der Waals surface area contributed by atoms with E-state index in [0.29, 0.717) is 13.1 Å². The van der Waals surface area contributed by atoms with Crippen molar-refractivity contribution in [2.24, 2.45) is 5.92 Å². The number of rotatable bonds is 2. The van der Waals surface area contributed by atoms with Crippen molar-refractivity contribution in [1.29, 1.82) is 0 Å². The van der Waals surface area contributed by atoms with E-state index in [9.17, 15) is 9.59 Å². The lowest BCUT2D eigenvalue weighted by atomic mass is 9.97. The van der Waals surface area contributed by atoms with Crippen molar-refractivity contribution in [1.82, 2.24) is 4.90 Å².